The molecule has 2 atom stereocenters. The van der Waals surface area contributed by atoms with Gasteiger partial charge in [-0.1, -0.05) is 0 Å². The third-order valence-corrected chi connectivity index (χ3v) is 5.01. The van der Waals surface area contributed by atoms with Crippen LogP contribution < -0.4 is 29.6 Å². The van der Waals surface area contributed by atoms with Crippen LogP contribution in [0.4, 0.5) is 5.69 Å². The Morgan fingerprint density at radius 1 is 1.21 bits per heavy atom. The van der Waals surface area contributed by atoms with Crippen LogP contribution in [-0.2, 0) is 17.8 Å². The van der Waals surface area contributed by atoms with Gasteiger partial charge in [-0.3, -0.25) is 4.79 Å². The lowest BCUT2D eigenvalue weighted by Gasteiger charge is -2.17. The minimum Gasteiger partial charge on any atom is -0.494 e. The number of ether oxygens (including phenoxy) is 4. The van der Waals surface area contributed by atoms with Gasteiger partial charge in [0.05, 0.1) is 12.6 Å². The van der Waals surface area contributed by atoms with Crippen molar-refractivity contribution in [1.82, 2.24) is 5.32 Å². The number of carbonyl (C=O) groups is 1. The van der Waals surface area contributed by atoms with Crippen LogP contribution in [0.15, 0.2) is 30.3 Å². The first-order chi connectivity index (χ1) is 14.0. The number of carbonyl (C=O) groups excluding carboxylic acids is 1. The number of nitrogens with one attached hydrogen (secondary N) is 2. The monoisotopic (exact) mass is 398 g/mol. The zero-order valence-electron chi connectivity index (χ0n) is 16.9. The Labute approximate surface area is 170 Å². The molecule has 0 saturated carbocycles. The Balaban J connectivity index is 1.39. The molecule has 2 aliphatic heterocycles. The van der Waals surface area contributed by atoms with Crippen LogP contribution in [0.25, 0.3) is 0 Å². The molecule has 0 fully saturated rings. The molecule has 0 aliphatic carbocycles. The normalized spacial score (nSPS) is 17.4. The van der Waals surface area contributed by atoms with E-state index in [1.54, 1.807) is 18.2 Å². The van der Waals surface area contributed by atoms with E-state index in [0.717, 1.165) is 23.5 Å². The molecule has 0 radical (unpaired) electrons. The molecule has 4 rings (SSSR count). The highest BCUT2D eigenvalue weighted by molar-refractivity contribution is 5.94. The number of benzene rings is 2. The first kappa shape index (κ1) is 19.4. The summed E-state index contributed by atoms with van der Waals surface area (Å²) >= 11 is 0. The van der Waals surface area contributed by atoms with Gasteiger partial charge in [-0.05, 0) is 45.0 Å². The van der Waals surface area contributed by atoms with E-state index in [-0.39, 0.29) is 18.8 Å². The van der Waals surface area contributed by atoms with Crippen molar-refractivity contribution in [2.24, 2.45) is 0 Å². The molecule has 0 aromatic heterocycles. The summed E-state index contributed by atoms with van der Waals surface area (Å²) in [6.07, 6.45) is 1.06. The Hall–Kier alpha value is -2.93. The molecule has 0 bridgehead atoms. The van der Waals surface area contributed by atoms with Gasteiger partial charge >= 0.3 is 0 Å². The standard InChI is InChI=1S/C22H26N2O5/c1-4-26-19-8-15-7-13(2)29-20(15)9-16(19)11-23-14(3)22(25)24-17-5-6-18-21(10-17)28-12-27-18/h5-6,8-10,13-14,23H,4,7,11-12H2,1-3H3,(H,24,25)/t13-,14-/m1/s1. The van der Waals surface area contributed by atoms with Crippen molar-refractivity contribution < 1.29 is 23.7 Å². The van der Waals surface area contributed by atoms with Crippen molar-refractivity contribution in [3.8, 4) is 23.0 Å². The van der Waals surface area contributed by atoms with Gasteiger partial charge in [-0.25, -0.2) is 0 Å². The van der Waals surface area contributed by atoms with E-state index >= 15 is 0 Å². The third kappa shape index (κ3) is 4.24. The maximum Gasteiger partial charge on any atom is 0.241 e. The van der Waals surface area contributed by atoms with Crippen molar-refractivity contribution in [1.29, 1.82) is 0 Å². The van der Waals surface area contributed by atoms with Crippen LogP contribution in [0.5, 0.6) is 23.0 Å². The van der Waals surface area contributed by atoms with E-state index < -0.39 is 6.04 Å². The summed E-state index contributed by atoms with van der Waals surface area (Å²) in [5.74, 6) is 2.92. The van der Waals surface area contributed by atoms with E-state index in [2.05, 4.69) is 23.6 Å². The van der Waals surface area contributed by atoms with Crippen molar-refractivity contribution in [3.05, 3.63) is 41.5 Å². The van der Waals surface area contributed by atoms with Gasteiger partial charge in [0.25, 0.3) is 0 Å². The number of hydrogen-bond acceptors (Lipinski definition) is 6. The Kier molecular flexibility index (Phi) is 5.49. The molecule has 2 aromatic rings. The van der Waals surface area contributed by atoms with Crippen LogP contribution in [0.2, 0.25) is 0 Å². The largest absolute Gasteiger partial charge is 0.494 e. The van der Waals surface area contributed by atoms with Gasteiger partial charge in [-0.2, -0.15) is 0 Å². The molecule has 154 valence electrons. The van der Waals surface area contributed by atoms with Gasteiger partial charge in [0, 0.05) is 35.8 Å². The Morgan fingerprint density at radius 3 is 2.86 bits per heavy atom. The molecule has 0 unspecified atom stereocenters. The van der Waals surface area contributed by atoms with E-state index in [1.165, 1.54) is 5.56 Å². The summed E-state index contributed by atoms with van der Waals surface area (Å²) in [6.45, 7) is 7.13. The lowest BCUT2D eigenvalue weighted by atomic mass is 10.1. The van der Waals surface area contributed by atoms with E-state index in [9.17, 15) is 4.79 Å². The molecular weight excluding hydrogens is 372 g/mol. The summed E-state index contributed by atoms with van der Waals surface area (Å²) in [5.41, 5.74) is 2.81. The molecule has 7 heteroatoms. The van der Waals surface area contributed by atoms with Gasteiger partial charge in [0.1, 0.15) is 17.6 Å². The number of hydrogen-bond donors (Lipinski definition) is 2. The van der Waals surface area contributed by atoms with Crippen molar-refractivity contribution in [2.45, 2.75) is 45.9 Å². The predicted octanol–water partition coefficient (Wildman–Crippen LogP) is 3.25. The molecule has 0 saturated heterocycles. The van der Waals surface area contributed by atoms with Crippen LogP contribution >= 0.6 is 0 Å². The highest BCUT2D eigenvalue weighted by Gasteiger charge is 2.23. The summed E-state index contributed by atoms with van der Waals surface area (Å²) in [5, 5.41) is 6.17. The summed E-state index contributed by atoms with van der Waals surface area (Å²) in [4.78, 5) is 12.6. The molecule has 7 nitrogen and oxygen atoms in total. The molecule has 29 heavy (non-hydrogen) atoms. The zero-order valence-corrected chi connectivity index (χ0v) is 16.9. The second kappa shape index (κ2) is 8.21. The lowest BCUT2D eigenvalue weighted by Crippen LogP contribution is -2.37. The van der Waals surface area contributed by atoms with E-state index in [0.29, 0.717) is 30.3 Å². The number of rotatable bonds is 7. The molecule has 2 heterocycles. The average molecular weight is 398 g/mol. The van der Waals surface area contributed by atoms with Crippen molar-refractivity contribution >= 4 is 11.6 Å². The Morgan fingerprint density at radius 2 is 2.03 bits per heavy atom. The van der Waals surface area contributed by atoms with Crippen LogP contribution in [-0.4, -0.2) is 31.5 Å². The second-order valence-electron chi connectivity index (χ2n) is 7.29. The fourth-order valence-electron chi connectivity index (χ4n) is 3.49. The van der Waals surface area contributed by atoms with Gasteiger partial charge in [-0.15, -0.1) is 0 Å². The highest BCUT2D eigenvalue weighted by atomic mass is 16.7. The molecular formula is C22H26N2O5. The predicted molar refractivity (Wildman–Crippen MR) is 109 cm³/mol. The summed E-state index contributed by atoms with van der Waals surface area (Å²) in [6, 6.07) is 9.01. The third-order valence-electron chi connectivity index (χ3n) is 5.01. The number of anilines is 1. The zero-order chi connectivity index (χ0) is 20.4. The highest BCUT2D eigenvalue weighted by Crippen LogP contribution is 2.36. The second-order valence-corrected chi connectivity index (χ2v) is 7.29. The summed E-state index contributed by atoms with van der Waals surface area (Å²) in [7, 11) is 0. The summed E-state index contributed by atoms with van der Waals surface area (Å²) < 4.78 is 22.3. The first-order valence-corrected chi connectivity index (χ1v) is 9.92. The molecule has 2 N–H and O–H groups in total. The van der Waals surface area contributed by atoms with E-state index in [4.69, 9.17) is 18.9 Å². The Bertz CT molecular complexity index is 914. The quantitative estimate of drug-likeness (QED) is 0.746. The van der Waals surface area contributed by atoms with Crippen LogP contribution in [0, 0.1) is 0 Å². The van der Waals surface area contributed by atoms with Crippen molar-refractivity contribution in [3.63, 3.8) is 0 Å². The topological polar surface area (TPSA) is 78.1 Å². The minimum atomic E-state index is -0.400. The van der Waals surface area contributed by atoms with Crippen LogP contribution in [0.3, 0.4) is 0 Å². The SMILES string of the molecule is CCOc1cc2c(cc1CN[C@H](C)C(=O)Nc1ccc3c(c1)OCO3)O[C@H](C)C2. The minimum absolute atomic E-state index is 0.132. The molecule has 0 spiro atoms. The number of amides is 1. The maximum absolute atomic E-state index is 12.6. The molecule has 2 aliphatic rings. The fraction of sp³-hybridized carbons (Fsp3) is 0.409. The fourth-order valence-corrected chi connectivity index (χ4v) is 3.49. The van der Waals surface area contributed by atoms with Gasteiger partial charge in [0.15, 0.2) is 11.5 Å². The van der Waals surface area contributed by atoms with E-state index in [1.807, 2.05) is 19.9 Å². The van der Waals surface area contributed by atoms with Gasteiger partial charge < -0.3 is 29.6 Å². The molecule has 2 aromatic carbocycles. The van der Waals surface area contributed by atoms with Gasteiger partial charge in [0.2, 0.25) is 12.7 Å². The smallest absolute Gasteiger partial charge is 0.241 e. The maximum atomic E-state index is 12.6. The first-order valence-electron chi connectivity index (χ1n) is 9.92. The molecule has 1 amide bonds. The number of fused-ring (bicyclic) bond motifs is 2. The lowest BCUT2D eigenvalue weighted by molar-refractivity contribution is -0.117. The average Bonchev–Trinajstić information content (AvgIpc) is 3.30. The van der Waals surface area contributed by atoms with Crippen LogP contribution in [0.1, 0.15) is 31.9 Å². The van der Waals surface area contributed by atoms with Crippen molar-refractivity contribution in [2.75, 3.05) is 18.7 Å².